The summed E-state index contributed by atoms with van der Waals surface area (Å²) in [6, 6.07) is 16.2. The Kier molecular flexibility index (Phi) is 8.91. The number of ether oxygens (including phenoxy) is 1. The van der Waals surface area contributed by atoms with Crippen molar-refractivity contribution in [3.63, 3.8) is 0 Å². The van der Waals surface area contributed by atoms with Crippen molar-refractivity contribution in [3.8, 4) is 11.4 Å². The SMILES string of the molecule is CN=C(NCCc1cc(C)ccc1OC)NCc1nncn1-c1ccccc1.I. The van der Waals surface area contributed by atoms with E-state index < -0.39 is 0 Å². The van der Waals surface area contributed by atoms with E-state index in [0.29, 0.717) is 12.5 Å². The lowest BCUT2D eigenvalue weighted by molar-refractivity contribution is 0.409. The summed E-state index contributed by atoms with van der Waals surface area (Å²) in [4.78, 5) is 4.29. The molecule has 0 aliphatic carbocycles. The fraction of sp³-hybridized carbons (Fsp3) is 0.286. The molecule has 154 valence electrons. The van der Waals surface area contributed by atoms with Gasteiger partial charge in [0.05, 0.1) is 13.7 Å². The lowest BCUT2D eigenvalue weighted by Gasteiger charge is -2.14. The third kappa shape index (κ3) is 6.18. The molecule has 0 aliphatic heterocycles. The third-order valence-electron chi connectivity index (χ3n) is 4.41. The molecule has 2 aromatic carbocycles. The molecular formula is C21H27IN6O. The molecule has 0 fully saturated rings. The highest BCUT2D eigenvalue weighted by molar-refractivity contribution is 14.0. The van der Waals surface area contributed by atoms with E-state index in [4.69, 9.17) is 4.74 Å². The molecule has 0 spiro atoms. The summed E-state index contributed by atoms with van der Waals surface area (Å²) in [5, 5.41) is 14.9. The van der Waals surface area contributed by atoms with E-state index in [1.165, 1.54) is 11.1 Å². The lowest BCUT2D eigenvalue weighted by Crippen LogP contribution is -2.38. The molecule has 3 rings (SSSR count). The van der Waals surface area contributed by atoms with Crippen LogP contribution in [0.25, 0.3) is 5.69 Å². The molecular weight excluding hydrogens is 479 g/mol. The Morgan fingerprint density at radius 2 is 1.93 bits per heavy atom. The third-order valence-corrected chi connectivity index (χ3v) is 4.41. The van der Waals surface area contributed by atoms with Gasteiger partial charge in [0, 0.05) is 19.3 Å². The van der Waals surface area contributed by atoms with Gasteiger partial charge in [-0.25, -0.2) is 0 Å². The number of nitrogens with one attached hydrogen (secondary N) is 2. The molecule has 0 saturated carbocycles. The molecule has 0 radical (unpaired) electrons. The van der Waals surface area contributed by atoms with Crippen molar-refractivity contribution < 1.29 is 4.74 Å². The Bertz CT molecular complexity index is 926. The van der Waals surface area contributed by atoms with E-state index in [2.05, 4.69) is 44.9 Å². The average molecular weight is 506 g/mol. The molecule has 0 unspecified atom stereocenters. The van der Waals surface area contributed by atoms with Crippen molar-refractivity contribution in [1.29, 1.82) is 0 Å². The van der Waals surface area contributed by atoms with E-state index >= 15 is 0 Å². The van der Waals surface area contributed by atoms with Gasteiger partial charge in [-0.15, -0.1) is 34.2 Å². The topological polar surface area (TPSA) is 76.4 Å². The molecule has 8 heteroatoms. The van der Waals surface area contributed by atoms with Gasteiger partial charge in [-0.3, -0.25) is 9.56 Å². The summed E-state index contributed by atoms with van der Waals surface area (Å²) in [5.41, 5.74) is 3.42. The van der Waals surface area contributed by atoms with Crippen molar-refractivity contribution in [3.05, 3.63) is 71.8 Å². The van der Waals surface area contributed by atoms with Crippen LogP contribution < -0.4 is 15.4 Å². The van der Waals surface area contributed by atoms with Gasteiger partial charge >= 0.3 is 0 Å². The molecule has 2 N–H and O–H groups in total. The van der Waals surface area contributed by atoms with Gasteiger partial charge in [-0.05, 0) is 37.1 Å². The first-order valence-corrected chi connectivity index (χ1v) is 9.23. The van der Waals surface area contributed by atoms with Crippen molar-refractivity contribution in [2.45, 2.75) is 19.9 Å². The molecule has 7 nitrogen and oxygen atoms in total. The van der Waals surface area contributed by atoms with E-state index in [1.807, 2.05) is 41.0 Å². The van der Waals surface area contributed by atoms with Gasteiger partial charge < -0.3 is 15.4 Å². The zero-order chi connectivity index (χ0) is 19.8. The quantitative estimate of drug-likeness (QED) is 0.293. The molecule has 0 bridgehead atoms. The first kappa shape index (κ1) is 22.7. The fourth-order valence-corrected chi connectivity index (χ4v) is 2.99. The minimum atomic E-state index is 0. The summed E-state index contributed by atoms with van der Waals surface area (Å²) in [6.07, 6.45) is 2.55. The molecule has 0 amide bonds. The molecule has 1 heterocycles. The van der Waals surface area contributed by atoms with Crippen LogP contribution in [0, 0.1) is 6.92 Å². The fourth-order valence-electron chi connectivity index (χ4n) is 2.99. The number of hydrogen-bond acceptors (Lipinski definition) is 4. The highest BCUT2D eigenvalue weighted by Gasteiger charge is 2.08. The van der Waals surface area contributed by atoms with Crippen molar-refractivity contribution in [2.75, 3.05) is 20.7 Å². The standard InChI is InChI=1S/C21H26N6O.HI/c1-16-9-10-19(28-3)17(13-16)11-12-23-21(22-2)24-14-20-26-25-15-27(20)18-7-5-4-6-8-18;/h4-10,13,15H,11-12,14H2,1-3H3,(H2,22,23,24);1H. The maximum Gasteiger partial charge on any atom is 0.191 e. The Hall–Kier alpha value is -2.62. The maximum atomic E-state index is 5.44. The van der Waals surface area contributed by atoms with Gasteiger partial charge in [0.2, 0.25) is 0 Å². The Balaban J connectivity index is 0.00000300. The number of nitrogens with zero attached hydrogens (tertiary/aromatic N) is 4. The number of para-hydroxylation sites is 1. The Labute approximate surface area is 188 Å². The lowest BCUT2D eigenvalue weighted by atomic mass is 10.1. The second-order valence-corrected chi connectivity index (χ2v) is 6.37. The Morgan fingerprint density at radius 3 is 2.66 bits per heavy atom. The van der Waals surface area contributed by atoms with E-state index in [9.17, 15) is 0 Å². The molecule has 29 heavy (non-hydrogen) atoms. The van der Waals surface area contributed by atoms with Crippen LogP contribution in [-0.2, 0) is 13.0 Å². The maximum absolute atomic E-state index is 5.44. The minimum Gasteiger partial charge on any atom is -0.496 e. The normalized spacial score (nSPS) is 10.9. The predicted molar refractivity (Wildman–Crippen MR) is 126 cm³/mol. The first-order valence-electron chi connectivity index (χ1n) is 9.23. The summed E-state index contributed by atoms with van der Waals surface area (Å²) < 4.78 is 7.40. The highest BCUT2D eigenvalue weighted by atomic mass is 127. The number of aryl methyl sites for hydroxylation is 1. The Morgan fingerprint density at radius 1 is 1.14 bits per heavy atom. The van der Waals surface area contributed by atoms with Crippen LogP contribution in [0.4, 0.5) is 0 Å². The second kappa shape index (κ2) is 11.4. The van der Waals surface area contributed by atoms with Crippen LogP contribution in [0.5, 0.6) is 5.75 Å². The van der Waals surface area contributed by atoms with E-state index in [1.54, 1.807) is 20.5 Å². The van der Waals surface area contributed by atoms with Gasteiger partial charge in [0.15, 0.2) is 11.8 Å². The number of rotatable bonds is 7. The van der Waals surface area contributed by atoms with Crippen LogP contribution in [-0.4, -0.2) is 41.4 Å². The smallest absolute Gasteiger partial charge is 0.191 e. The number of hydrogen-bond donors (Lipinski definition) is 2. The summed E-state index contributed by atoms with van der Waals surface area (Å²) in [7, 11) is 3.45. The van der Waals surface area contributed by atoms with Gasteiger partial charge in [-0.1, -0.05) is 35.9 Å². The zero-order valence-corrected chi connectivity index (χ0v) is 19.3. The number of aromatic nitrogens is 3. The van der Waals surface area contributed by atoms with Gasteiger partial charge in [0.1, 0.15) is 12.1 Å². The molecule has 0 saturated heterocycles. The van der Waals surface area contributed by atoms with Crippen LogP contribution in [0.1, 0.15) is 17.0 Å². The largest absolute Gasteiger partial charge is 0.496 e. The van der Waals surface area contributed by atoms with Crippen molar-refractivity contribution >= 4 is 29.9 Å². The summed E-state index contributed by atoms with van der Waals surface area (Å²) in [5.74, 6) is 2.44. The van der Waals surface area contributed by atoms with E-state index in [-0.39, 0.29) is 24.0 Å². The number of halogens is 1. The molecule has 0 aliphatic rings. The summed E-state index contributed by atoms with van der Waals surface area (Å²) >= 11 is 0. The second-order valence-electron chi connectivity index (χ2n) is 6.37. The number of aliphatic imine (C=N–C) groups is 1. The summed E-state index contributed by atoms with van der Waals surface area (Å²) in [6.45, 7) is 3.34. The molecule has 0 atom stereocenters. The van der Waals surface area contributed by atoms with Crippen LogP contribution in [0.15, 0.2) is 59.9 Å². The molecule has 1 aromatic heterocycles. The van der Waals surface area contributed by atoms with E-state index in [0.717, 1.165) is 30.2 Å². The van der Waals surface area contributed by atoms with Crippen molar-refractivity contribution in [1.82, 2.24) is 25.4 Å². The van der Waals surface area contributed by atoms with Gasteiger partial charge in [-0.2, -0.15) is 0 Å². The number of methoxy groups -OCH3 is 1. The predicted octanol–water partition coefficient (Wildman–Crippen LogP) is 3.11. The number of benzene rings is 2. The molecule has 3 aromatic rings. The van der Waals surface area contributed by atoms with Crippen LogP contribution in [0.2, 0.25) is 0 Å². The first-order chi connectivity index (χ1) is 13.7. The minimum absolute atomic E-state index is 0. The van der Waals surface area contributed by atoms with Crippen molar-refractivity contribution in [2.24, 2.45) is 4.99 Å². The zero-order valence-electron chi connectivity index (χ0n) is 16.9. The average Bonchev–Trinajstić information content (AvgIpc) is 3.20. The van der Waals surface area contributed by atoms with Gasteiger partial charge in [0.25, 0.3) is 0 Å². The van der Waals surface area contributed by atoms with Crippen LogP contribution >= 0.6 is 24.0 Å². The monoisotopic (exact) mass is 506 g/mol. The number of guanidine groups is 1. The van der Waals surface area contributed by atoms with Crippen LogP contribution in [0.3, 0.4) is 0 Å². The highest BCUT2D eigenvalue weighted by Crippen LogP contribution is 2.19.